The van der Waals surface area contributed by atoms with E-state index in [2.05, 4.69) is 6.92 Å². The van der Waals surface area contributed by atoms with Crippen LogP contribution < -0.4 is 5.73 Å². The quantitative estimate of drug-likeness (QED) is 0.888. The van der Waals surface area contributed by atoms with Crippen LogP contribution in [0.15, 0.2) is 12.1 Å². The smallest absolute Gasteiger partial charge is 0.270 e. The fourth-order valence-corrected chi connectivity index (χ4v) is 2.57. The zero-order valence-corrected chi connectivity index (χ0v) is 12.0. The van der Waals surface area contributed by atoms with Gasteiger partial charge in [-0.15, -0.1) is 12.4 Å². The average Bonchev–Trinajstić information content (AvgIpc) is 2.83. The average molecular weight is 272 g/mol. The van der Waals surface area contributed by atoms with Crippen LogP contribution in [0.2, 0.25) is 0 Å². The molecule has 1 fully saturated rings. The monoisotopic (exact) mass is 271 g/mol. The van der Waals surface area contributed by atoms with Crippen LogP contribution in [0.4, 0.5) is 0 Å². The van der Waals surface area contributed by atoms with Crippen LogP contribution in [0.25, 0.3) is 0 Å². The van der Waals surface area contributed by atoms with Gasteiger partial charge in [0.15, 0.2) is 0 Å². The van der Waals surface area contributed by atoms with E-state index in [4.69, 9.17) is 5.73 Å². The van der Waals surface area contributed by atoms with Crippen molar-refractivity contribution in [3.8, 4) is 0 Å². The molecule has 1 aliphatic rings. The Morgan fingerprint density at radius 2 is 2.17 bits per heavy atom. The first-order valence-corrected chi connectivity index (χ1v) is 6.18. The minimum atomic E-state index is 0. The third-order valence-electron chi connectivity index (χ3n) is 3.85. The van der Waals surface area contributed by atoms with Crippen molar-refractivity contribution in [3.05, 3.63) is 23.5 Å². The number of amides is 1. The maximum absolute atomic E-state index is 12.4. The predicted octanol–water partition coefficient (Wildman–Crippen LogP) is 1.56. The Bertz CT molecular complexity index is 430. The van der Waals surface area contributed by atoms with Gasteiger partial charge in [-0.05, 0) is 44.9 Å². The van der Waals surface area contributed by atoms with Crippen molar-refractivity contribution >= 4 is 18.3 Å². The van der Waals surface area contributed by atoms with Gasteiger partial charge in [0.1, 0.15) is 5.69 Å². The fraction of sp³-hybridized carbons (Fsp3) is 0.615. The highest BCUT2D eigenvalue weighted by molar-refractivity contribution is 5.93. The molecule has 2 rings (SSSR count). The molecular formula is C13H22ClN3O. The molecule has 2 heterocycles. The Labute approximate surface area is 115 Å². The molecule has 1 aromatic heterocycles. The minimum absolute atomic E-state index is 0. The Hall–Kier alpha value is -1.00. The number of nitrogens with zero attached hydrogens (tertiary/aromatic N) is 2. The molecule has 18 heavy (non-hydrogen) atoms. The van der Waals surface area contributed by atoms with E-state index < -0.39 is 0 Å². The van der Waals surface area contributed by atoms with Gasteiger partial charge in [-0.3, -0.25) is 4.79 Å². The number of hydrogen-bond donors (Lipinski definition) is 1. The second kappa shape index (κ2) is 5.76. The summed E-state index contributed by atoms with van der Waals surface area (Å²) in [4.78, 5) is 14.4. The number of likely N-dealkylation sites (tertiary alicyclic amines) is 1. The normalized spacial score (nSPS) is 23.0. The van der Waals surface area contributed by atoms with Crippen LogP contribution in [0.3, 0.4) is 0 Å². The van der Waals surface area contributed by atoms with Crippen LogP contribution in [0, 0.1) is 12.8 Å². The lowest BCUT2D eigenvalue weighted by molar-refractivity contribution is 0.0733. The summed E-state index contributed by atoms with van der Waals surface area (Å²) in [5.41, 5.74) is 7.57. The van der Waals surface area contributed by atoms with Gasteiger partial charge < -0.3 is 15.2 Å². The van der Waals surface area contributed by atoms with Crippen molar-refractivity contribution in [2.75, 3.05) is 13.1 Å². The predicted molar refractivity (Wildman–Crippen MR) is 75.1 cm³/mol. The molecule has 2 atom stereocenters. The van der Waals surface area contributed by atoms with Crippen molar-refractivity contribution < 1.29 is 4.79 Å². The molecule has 1 saturated heterocycles. The highest BCUT2D eigenvalue weighted by atomic mass is 35.5. The molecule has 1 amide bonds. The van der Waals surface area contributed by atoms with Crippen LogP contribution >= 0.6 is 12.4 Å². The number of nitrogens with two attached hydrogens (primary N) is 1. The Morgan fingerprint density at radius 1 is 1.50 bits per heavy atom. The highest BCUT2D eigenvalue weighted by Gasteiger charge is 2.32. The third-order valence-corrected chi connectivity index (χ3v) is 3.85. The molecule has 0 aromatic carbocycles. The van der Waals surface area contributed by atoms with E-state index in [9.17, 15) is 4.79 Å². The van der Waals surface area contributed by atoms with Crippen molar-refractivity contribution in [1.29, 1.82) is 0 Å². The van der Waals surface area contributed by atoms with Crippen LogP contribution in [-0.2, 0) is 7.05 Å². The highest BCUT2D eigenvalue weighted by Crippen LogP contribution is 2.24. The number of carbonyl (C=O) groups is 1. The van der Waals surface area contributed by atoms with Crippen LogP contribution in [-0.4, -0.2) is 34.5 Å². The van der Waals surface area contributed by atoms with E-state index in [0.717, 1.165) is 24.4 Å². The molecule has 0 spiro atoms. The van der Waals surface area contributed by atoms with Gasteiger partial charge in [-0.25, -0.2) is 0 Å². The Balaban J connectivity index is 0.00000162. The SMILES string of the molecule is Cc1ccc(C(=O)N2CC(CN)CC2C)n1C.Cl. The van der Waals surface area contributed by atoms with E-state index in [1.165, 1.54) is 0 Å². The Kier molecular flexibility index (Phi) is 4.82. The molecule has 0 radical (unpaired) electrons. The van der Waals surface area contributed by atoms with Gasteiger partial charge in [-0.2, -0.15) is 0 Å². The second-order valence-corrected chi connectivity index (χ2v) is 5.06. The largest absolute Gasteiger partial charge is 0.344 e. The number of rotatable bonds is 2. The first kappa shape index (κ1) is 15.1. The number of carbonyl (C=O) groups excluding carboxylic acids is 1. The molecule has 0 saturated carbocycles. The summed E-state index contributed by atoms with van der Waals surface area (Å²) in [6, 6.07) is 4.18. The zero-order valence-electron chi connectivity index (χ0n) is 11.2. The molecule has 1 aliphatic heterocycles. The van der Waals surface area contributed by atoms with E-state index in [1.54, 1.807) is 0 Å². The van der Waals surface area contributed by atoms with Crippen molar-refractivity contribution in [1.82, 2.24) is 9.47 Å². The summed E-state index contributed by atoms with van der Waals surface area (Å²) in [6.07, 6.45) is 1.02. The molecule has 0 aliphatic carbocycles. The molecule has 2 unspecified atom stereocenters. The topological polar surface area (TPSA) is 51.3 Å². The molecule has 2 N–H and O–H groups in total. The third kappa shape index (κ3) is 2.54. The minimum Gasteiger partial charge on any atom is -0.344 e. The van der Waals surface area contributed by atoms with E-state index in [-0.39, 0.29) is 18.3 Å². The van der Waals surface area contributed by atoms with Gasteiger partial charge in [0, 0.05) is 25.3 Å². The van der Waals surface area contributed by atoms with Gasteiger partial charge in [-0.1, -0.05) is 0 Å². The summed E-state index contributed by atoms with van der Waals surface area (Å²) in [5, 5.41) is 0. The Morgan fingerprint density at radius 3 is 2.61 bits per heavy atom. The molecule has 0 bridgehead atoms. The van der Waals surface area contributed by atoms with Crippen molar-refractivity contribution in [3.63, 3.8) is 0 Å². The number of aryl methyl sites for hydroxylation is 1. The number of aromatic nitrogens is 1. The summed E-state index contributed by atoms with van der Waals surface area (Å²) in [7, 11) is 1.93. The number of halogens is 1. The van der Waals surface area contributed by atoms with Crippen LogP contribution in [0.5, 0.6) is 0 Å². The lowest BCUT2D eigenvalue weighted by Gasteiger charge is -2.21. The van der Waals surface area contributed by atoms with Gasteiger partial charge in [0.2, 0.25) is 0 Å². The van der Waals surface area contributed by atoms with E-state index >= 15 is 0 Å². The molecule has 1 aromatic rings. The van der Waals surface area contributed by atoms with Gasteiger partial charge >= 0.3 is 0 Å². The van der Waals surface area contributed by atoms with Gasteiger partial charge in [0.05, 0.1) is 0 Å². The van der Waals surface area contributed by atoms with Crippen LogP contribution in [0.1, 0.15) is 29.5 Å². The molecule has 102 valence electrons. The summed E-state index contributed by atoms with van der Waals surface area (Å²) in [5.74, 6) is 0.583. The summed E-state index contributed by atoms with van der Waals surface area (Å²) in [6.45, 7) is 5.57. The van der Waals surface area contributed by atoms with Gasteiger partial charge in [0.25, 0.3) is 5.91 Å². The van der Waals surface area contributed by atoms with E-state index in [1.807, 2.05) is 35.6 Å². The lowest BCUT2D eigenvalue weighted by atomic mass is 10.1. The van der Waals surface area contributed by atoms with E-state index in [0.29, 0.717) is 18.5 Å². The summed E-state index contributed by atoms with van der Waals surface area (Å²) < 4.78 is 1.95. The first-order valence-electron chi connectivity index (χ1n) is 6.18. The molecule has 4 nitrogen and oxygen atoms in total. The maximum atomic E-state index is 12.4. The second-order valence-electron chi connectivity index (χ2n) is 5.06. The number of hydrogen-bond acceptors (Lipinski definition) is 2. The first-order chi connectivity index (χ1) is 8.04. The summed E-state index contributed by atoms with van der Waals surface area (Å²) >= 11 is 0. The molecule has 5 heteroatoms. The maximum Gasteiger partial charge on any atom is 0.270 e. The molecular weight excluding hydrogens is 250 g/mol. The fourth-order valence-electron chi connectivity index (χ4n) is 2.57. The zero-order chi connectivity index (χ0) is 12.6. The van der Waals surface area contributed by atoms with Crippen molar-refractivity contribution in [2.24, 2.45) is 18.7 Å². The van der Waals surface area contributed by atoms with Crippen molar-refractivity contribution in [2.45, 2.75) is 26.3 Å². The lowest BCUT2D eigenvalue weighted by Crippen LogP contribution is -2.35. The standard InChI is InChI=1S/C13H21N3O.ClH/c1-9-4-5-12(15(9)3)13(17)16-8-11(7-14)6-10(16)2;/h4-5,10-11H,6-8,14H2,1-3H3;1H.